The van der Waals surface area contributed by atoms with Crippen molar-refractivity contribution in [2.24, 2.45) is 0 Å². The molecule has 0 saturated heterocycles. The summed E-state index contributed by atoms with van der Waals surface area (Å²) in [6, 6.07) is 11.4. The predicted molar refractivity (Wildman–Crippen MR) is 91.5 cm³/mol. The molecular weight excluding hydrogens is 326 g/mol. The van der Waals surface area contributed by atoms with Crippen molar-refractivity contribution in [2.45, 2.75) is 0 Å². The second-order valence-electron chi connectivity index (χ2n) is 4.93. The van der Waals surface area contributed by atoms with Crippen LogP contribution in [0.1, 0.15) is 10.4 Å². The van der Waals surface area contributed by atoms with Crippen LogP contribution in [0.25, 0.3) is 0 Å². The molecule has 1 N–H and O–H groups in total. The van der Waals surface area contributed by atoms with Gasteiger partial charge in [-0.3, -0.25) is 4.79 Å². The second-order valence-corrected chi connectivity index (χ2v) is 4.93. The van der Waals surface area contributed by atoms with Gasteiger partial charge in [-0.2, -0.15) is 0 Å². The van der Waals surface area contributed by atoms with Crippen LogP contribution in [0.4, 0.5) is 5.69 Å². The largest absolute Gasteiger partial charge is 0.497 e. The van der Waals surface area contributed by atoms with Crippen molar-refractivity contribution < 1.29 is 28.5 Å². The quantitative estimate of drug-likeness (QED) is 0.777. The molecule has 0 heterocycles. The highest BCUT2D eigenvalue weighted by molar-refractivity contribution is 5.95. The Morgan fingerprint density at radius 2 is 1.68 bits per heavy atom. The molecule has 2 aromatic carbocycles. The van der Waals surface area contributed by atoms with E-state index in [4.69, 9.17) is 18.9 Å². The molecule has 132 valence electrons. The highest BCUT2D eigenvalue weighted by Gasteiger charge is 2.12. The van der Waals surface area contributed by atoms with Crippen molar-refractivity contribution in [1.29, 1.82) is 0 Å². The van der Waals surface area contributed by atoms with Crippen LogP contribution in [0, 0.1) is 0 Å². The number of methoxy groups -OCH3 is 3. The fourth-order valence-corrected chi connectivity index (χ4v) is 2.08. The van der Waals surface area contributed by atoms with Gasteiger partial charge in [-0.25, -0.2) is 4.79 Å². The van der Waals surface area contributed by atoms with Gasteiger partial charge in [0.1, 0.15) is 5.75 Å². The Bertz CT molecular complexity index is 759. The molecule has 7 nitrogen and oxygen atoms in total. The van der Waals surface area contributed by atoms with E-state index in [1.165, 1.54) is 27.4 Å². The zero-order valence-electron chi connectivity index (χ0n) is 14.2. The van der Waals surface area contributed by atoms with Crippen LogP contribution in [0.15, 0.2) is 42.5 Å². The van der Waals surface area contributed by atoms with Crippen LogP contribution in [0.3, 0.4) is 0 Å². The molecule has 2 aromatic rings. The van der Waals surface area contributed by atoms with Crippen molar-refractivity contribution in [3.05, 3.63) is 48.0 Å². The normalized spacial score (nSPS) is 9.88. The first-order chi connectivity index (χ1) is 12.1. The topological polar surface area (TPSA) is 83.1 Å². The first-order valence-electron chi connectivity index (χ1n) is 7.40. The average molecular weight is 345 g/mol. The molecule has 2 rings (SSSR count). The van der Waals surface area contributed by atoms with Gasteiger partial charge in [-0.15, -0.1) is 0 Å². The fraction of sp³-hybridized carbons (Fsp3) is 0.222. The first-order valence-corrected chi connectivity index (χ1v) is 7.40. The number of hydrogen-bond donors (Lipinski definition) is 1. The Balaban J connectivity index is 1.93. The summed E-state index contributed by atoms with van der Waals surface area (Å²) < 4.78 is 20.3. The molecular formula is C18H19NO6. The predicted octanol–water partition coefficient (Wildman–Crippen LogP) is 2.51. The third-order valence-electron chi connectivity index (χ3n) is 3.31. The lowest BCUT2D eigenvalue weighted by Crippen LogP contribution is -2.21. The molecule has 25 heavy (non-hydrogen) atoms. The number of amides is 1. The molecule has 0 radical (unpaired) electrons. The maximum atomic E-state index is 12.0. The number of carbonyl (C=O) groups excluding carboxylic acids is 2. The number of esters is 1. The first kappa shape index (κ1) is 18.1. The maximum absolute atomic E-state index is 12.0. The maximum Gasteiger partial charge on any atom is 0.338 e. The summed E-state index contributed by atoms with van der Waals surface area (Å²) in [5.74, 6) is 0.479. The van der Waals surface area contributed by atoms with Crippen molar-refractivity contribution in [1.82, 2.24) is 0 Å². The molecule has 0 aliphatic rings. The Kier molecular flexibility index (Phi) is 6.22. The lowest BCUT2D eigenvalue weighted by molar-refractivity contribution is -0.119. The summed E-state index contributed by atoms with van der Waals surface area (Å²) >= 11 is 0. The smallest absolute Gasteiger partial charge is 0.338 e. The van der Waals surface area contributed by atoms with Gasteiger partial charge in [0.15, 0.2) is 18.1 Å². The van der Waals surface area contributed by atoms with Gasteiger partial charge in [0.05, 0.1) is 26.9 Å². The molecule has 7 heteroatoms. The molecule has 0 unspecified atom stereocenters. The highest BCUT2D eigenvalue weighted by Crippen LogP contribution is 2.29. The average Bonchev–Trinajstić information content (AvgIpc) is 2.65. The Morgan fingerprint density at radius 3 is 2.36 bits per heavy atom. The summed E-state index contributed by atoms with van der Waals surface area (Å²) in [7, 11) is 4.52. The van der Waals surface area contributed by atoms with E-state index in [1.54, 1.807) is 36.4 Å². The highest BCUT2D eigenvalue weighted by atomic mass is 16.5. The minimum absolute atomic E-state index is 0.304. The Morgan fingerprint density at radius 1 is 0.920 bits per heavy atom. The number of nitrogens with one attached hydrogen (secondary N) is 1. The molecule has 0 saturated carbocycles. The van der Waals surface area contributed by atoms with E-state index < -0.39 is 18.5 Å². The number of rotatable bonds is 7. The molecule has 0 aromatic heterocycles. The Hall–Kier alpha value is -3.22. The summed E-state index contributed by atoms with van der Waals surface area (Å²) in [6.07, 6.45) is 0. The van der Waals surface area contributed by atoms with Gasteiger partial charge in [0.2, 0.25) is 0 Å². The van der Waals surface area contributed by atoms with Crippen molar-refractivity contribution in [2.75, 3.05) is 33.3 Å². The summed E-state index contributed by atoms with van der Waals surface area (Å²) in [4.78, 5) is 23.9. The van der Waals surface area contributed by atoms with Crippen molar-refractivity contribution in [3.63, 3.8) is 0 Å². The SMILES string of the molecule is COc1cccc(C(=O)OCC(=O)Nc2ccc(OC)c(OC)c2)c1. The van der Waals surface area contributed by atoms with E-state index in [1.807, 2.05) is 0 Å². The monoisotopic (exact) mass is 345 g/mol. The minimum Gasteiger partial charge on any atom is -0.497 e. The van der Waals surface area contributed by atoms with Crippen LogP contribution in [0.5, 0.6) is 17.2 Å². The molecule has 0 bridgehead atoms. The fourth-order valence-electron chi connectivity index (χ4n) is 2.08. The second kappa shape index (κ2) is 8.58. The van der Waals surface area contributed by atoms with E-state index in [2.05, 4.69) is 5.32 Å². The van der Waals surface area contributed by atoms with E-state index in [0.717, 1.165) is 0 Å². The van der Waals surface area contributed by atoms with E-state index in [0.29, 0.717) is 28.5 Å². The summed E-state index contributed by atoms with van der Waals surface area (Å²) in [5, 5.41) is 2.62. The lowest BCUT2D eigenvalue weighted by atomic mass is 10.2. The lowest BCUT2D eigenvalue weighted by Gasteiger charge is -2.11. The summed E-state index contributed by atoms with van der Waals surface area (Å²) in [5.41, 5.74) is 0.804. The van der Waals surface area contributed by atoms with E-state index in [9.17, 15) is 9.59 Å². The van der Waals surface area contributed by atoms with Crippen LogP contribution in [-0.4, -0.2) is 39.8 Å². The standard InChI is InChI=1S/C18H19NO6/c1-22-14-6-4-5-12(9-14)18(21)25-11-17(20)19-13-7-8-15(23-2)16(10-13)24-3/h4-10H,11H2,1-3H3,(H,19,20). The number of ether oxygens (including phenoxy) is 4. The third-order valence-corrected chi connectivity index (χ3v) is 3.31. The molecule has 0 atom stereocenters. The van der Waals surface area contributed by atoms with Crippen LogP contribution in [0.2, 0.25) is 0 Å². The van der Waals surface area contributed by atoms with Gasteiger partial charge in [0.25, 0.3) is 5.91 Å². The molecule has 0 spiro atoms. The van der Waals surface area contributed by atoms with Crippen LogP contribution >= 0.6 is 0 Å². The van der Waals surface area contributed by atoms with Gasteiger partial charge in [0, 0.05) is 11.8 Å². The third kappa shape index (κ3) is 4.87. The molecule has 0 aliphatic heterocycles. The van der Waals surface area contributed by atoms with Gasteiger partial charge >= 0.3 is 5.97 Å². The van der Waals surface area contributed by atoms with Crippen molar-refractivity contribution in [3.8, 4) is 17.2 Å². The number of carbonyl (C=O) groups is 2. The minimum atomic E-state index is -0.610. The van der Waals surface area contributed by atoms with Gasteiger partial charge in [-0.1, -0.05) is 6.07 Å². The molecule has 0 fully saturated rings. The molecule has 1 amide bonds. The van der Waals surface area contributed by atoms with Gasteiger partial charge < -0.3 is 24.3 Å². The Labute approximate surface area is 145 Å². The number of benzene rings is 2. The van der Waals surface area contributed by atoms with Crippen LogP contribution in [-0.2, 0) is 9.53 Å². The van der Waals surface area contributed by atoms with Gasteiger partial charge in [-0.05, 0) is 30.3 Å². The molecule has 0 aliphatic carbocycles. The van der Waals surface area contributed by atoms with Crippen molar-refractivity contribution >= 4 is 17.6 Å². The number of hydrogen-bond acceptors (Lipinski definition) is 6. The zero-order chi connectivity index (χ0) is 18.2. The van der Waals surface area contributed by atoms with E-state index in [-0.39, 0.29) is 0 Å². The van der Waals surface area contributed by atoms with E-state index >= 15 is 0 Å². The summed E-state index contributed by atoms with van der Waals surface area (Å²) in [6.45, 7) is -0.412. The van der Waals surface area contributed by atoms with Crippen LogP contribution < -0.4 is 19.5 Å². The number of anilines is 1. The zero-order valence-corrected chi connectivity index (χ0v) is 14.2.